The molecule has 7 aliphatic rings. The summed E-state index contributed by atoms with van der Waals surface area (Å²) in [6.07, 6.45) is 7.23. The fourth-order valence-electron chi connectivity index (χ4n) is 8.70. The Bertz CT molecular complexity index is 868. The topological polar surface area (TPSA) is 34.1 Å². The Balaban J connectivity index is 1.51. The van der Waals surface area contributed by atoms with Gasteiger partial charge in [0.25, 0.3) is 0 Å². The van der Waals surface area contributed by atoms with Gasteiger partial charge >= 0.3 is 0 Å². The highest BCUT2D eigenvalue weighted by atomic mass is 32.2. The lowest BCUT2D eigenvalue weighted by molar-refractivity contribution is 0.133. The second-order valence-electron chi connectivity index (χ2n) is 8.12. The zero-order valence-corrected chi connectivity index (χ0v) is 12.4. The fraction of sp³-hybridized carbons (Fsp3) is 0.556. The van der Waals surface area contributed by atoms with Crippen molar-refractivity contribution in [3.8, 4) is 0 Å². The molecule has 106 valence electrons. The van der Waals surface area contributed by atoms with Crippen LogP contribution >= 0.6 is 0 Å². The standard InChI is InChI=1S/C18H16O2S/c19-21(20,12-4-2-1-3-5-12)18-14-9-13-15(18)16(13)10-6-7-11(8-10)17(14,16)18/h1-7,10-11,13-15H,8-9H2/t10-,11-,13+,14-,15+,16+,17+,18-/m0/s1. The molecule has 0 heterocycles. The molecule has 8 atom stereocenters. The van der Waals surface area contributed by atoms with Crippen molar-refractivity contribution in [2.24, 2.45) is 40.4 Å². The molecule has 0 unspecified atom stereocenters. The van der Waals surface area contributed by atoms with Crippen molar-refractivity contribution >= 4 is 9.84 Å². The molecule has 2 nitrogen and oxygen atoms in total. The normalized spacial score (nSPS) is 62.2. The molecule has 0 aliphatic heterocycles. The van der Waals surface area contributed by atoms with Crippen LogP contribution in [0, 0.1) is 40.4 Å². The van der Waals surface area contributed by atoms with Gasteiger partial charge < -0.3 is 0 Å². The maximum Gasteiger partial charge on any atom is 0.185 e. The molecule has 7 aliphatic carbocycles. The largest absolute Gasteiger partial charge is 0.223 e. The van der Waals surface area contributed by atoms with Crippen LogP contribution in [0.3, 0.4) is 0 Å². The molecule has 0 N–H and O–H groups in total. The average molecular weight is 296 g/mol. The van der Waals surface area contributed by atoms with Crippen LogP contribution in [0.1, 0.15) is 12.8 Å². The van der Waals surface area contributed by atoms with E-state index in [0.29, 0.717) is 34.0 Å². The fourth-order valence-corrected chi connectivity index (χ4v) is 11.8. The first-order chi connectivity index (χ1) is 10.2. The molecule has 8 rings (SSSR count). The Morgan fingerprint density at radius 1 is 1.00 bits per heavy atom. The minimum atomic E-state index is -3.17. The minimum Gasteiger partial charge on any atom is -0.223 e. The Morgan fingerprint density at radius 3 is 2.57 bits per heavy atom. The lowest BCUT2D eigenvalue weighted by Crippen LogP contribution is -2.50. The molecule has 6 saturated carbocycles. The van der Waals surface area contributed by atoms with Gasteiger partial charge in [-0.3, -0.25) is 0 Å². The number of allylic oxidation sites excluding steroid dienone is 2. The van der Waals surface area contributed by atoms with E-state index in [2.05, 4.69) is 12.2 Å². The molecule has 4 bridgehead atoms. The van der Waals surface area contributed by atoms with E-state index in [1.807, 2.05) is 18.2 Å². The van der Waals surface area contributed by atoms with Gasteiger partial charge in [-0.2, -0.15) is 0 Å². The molecular weight excluding hydrogens is 280 g/mol. The first-order valence-electron chi connectivity index (χ1n) is 8.14. The molecule has 0 saturated heterocycles. The Labute approximate surface area is 124 Å². The average Bonchev–Trinajstić information content (AvgIpc) is 2.96. The third-order valence-electron chi connectivity index (χ3n) is 8.50. The third kappa shape index (κ3) is 0.600. The van der Waals surface area contributed by atoms with E-state index in [9.17, 15) is 8.42 Å². The first kappa shape index (κ1) is 10.6. The smallest absolute Gasteiger partial charge is 0.185 e. The molecule has 1 aromatic rings. The van der Waals surface area contributed by atoms with Gasteiger partial charge in [-0.15, -0.1) is 0 Å². The van der Waals surface area contributed by atoms with Gasteiger partial charge in [0.2, 0.25) is 0 Å². The number of benzene rings is 1. The van der Waals surface area contributed by atoms with E-state index >= 15 is 0 Å². The van der Waals surface area contributed by atoms with Crippen molar-refractivity contribution in [1.82, 2.24) is 0 Å². The van der Waals surface area contributed by atoms with E-state index in [-0.39, 0.29) is 10.2 Å². The van der Waals surface area contributed by atoms with Crippen LogP contribution in [0.4, 0.5) is 0 Å². The molecule has 0 amide bonds. The number of sulfone groups is 1. The Morgan fingerprint density at radius 2 is 1.76 bits per heavy atom. The molecular formula is C18H16O2S. The van der Waals surface area contributed by atoms with Crippen LogP contribution in [0.25, 0.3) is 0 Å². The summed E-state index contributed by atoms with van der Waals surface area (Å²) in [6.45, 7) is 0. The number of hydrogen-bond donors (Lipinski definition) is 0. The molecule has 2 spiro atoms. The van der Waals surface area contributed by atoms with Crippen LogP contribution in [-0.4, -0.2) is 13.2 Å². The van der Waals surface area contributed by atoms with E-state index in [4.69, 9.17) is 0 Å². The Kier molecular flexibility index (Phi) is 1.23. The zero-order valence-electron chi connectivity index (χ0n) is 11.6. The van der Waals surface area contributed by atoms with Crippen LogP contribution in [0.2, 0.25) is 0 Å². The van der Waals surface area contributed by atoms with Crippen LogP contribution in [-0.2, 0) is 9.84 Å². The van der Waals surface area contributed by atoms with Gasteiger partial charge in [-0.05, 0) is 60.0 Å². The summed E-state index contributed by atoms with van der Waals surface area (Å²) in [5, 5.41) is 0. The molecule has 0 radical (unpaired) electrons. The first-order valence-corrected chi connectivity index (χ1v) is 9.62. The van der Waals surface area contributed by atoms with E-state index in [0.717, 1.165) is 5.92 Å². The van der Waals surface area contributed by atoms with E-state index in [1.54, 1.807) is 12.1 Å². The maximum atomic E-state index is 13.4. The number of hydrogen-bond acceptors (Lipinski definition) is 2. The Hall–Kier alpha value is -1.09. The van der Waals surface area contributed by atoms with Crippen LogP contribution < -0.4 is 0 Å². The molecule has 0 aromatic heterocycles. The van der Waals surface area contributed by atoms with Gasteiger partial charge in [-0.1, -0.05) is 30.4 Å². The highest BCUT2D eigenvalue weighted by Crippen LogP contribution is 3.14. The van der Waals surface area contributed by atoms with Crippen LogP contribution in [0.5, 0.6) is 0 Å². The highest BCUT2D eigenvalue weighted by molar-refractivity contribution is 7.93. The van der Waals surface area contributed by atoms with E-state index < -0.39 is 9.84 Å². The summed E-state index contributed by atoms with van der Waals surface area (Å²) >= 11 is 0. The molecule has 1 aromatic carbocycles. The number of rotatable bonds is 2. The van der Waals surface area contributed by atoms with Gasteiger partial charge in [-0.25, -0.2) is 8.42 Å². The molecule has 21 heavy (non-hydrogen) atoms. The second kappa shape index (κ2) is 2.44. The highest BCUT2D eigenvalue weighted by Gasteiger charge is 3.17. The van der Waals surface area contributed by atoms with E-state index in [1.165, 1.54) is 12.8 Å². The summed E-state index contributed by atoms with van der Waals surface area (Å²) in [5.41, 5.74) is 0.613. The summed E-state index contributed by atoms with van der Waals surface area (Å²) < 4.78 is 26.5. The predicted octanol–water partition coefficient (Wildman–Crippen LogP) is 2.67. The zero-order chi connectivity index (χ0) is 13.8. The van der Waals surface area contributed by atoms with Gasteiger partial charge in [0.15, 0.2) is 9.84 Å². The minimum absolute atomic E-state index is 0.170. The summed E-state index contributed by atoms with van der Waals surface area (Å²) in [4.78, 5) is 0.569. The van der Waals surface area contributed by atoms with Crippen LogP contribution in [0.15, 0.2) is 47.4 Å². The third-order valence-corrected chi connectivity index (χ3v) is 11.2. The lowest BCUT2D eigenvalue weighted by atomic mass is 9.65. The van der Waals surface area contributed by atoms with Crippen molar-refractivity contribution in [1.29, 1.82) is 0 Å². The summed E-state index contributed by atoms with van der Waals surface area (Å²) in [6, 6.07) is 9.24. The molecule has 6 fully saturated rings. The number of fused-ring (bicyclic) bond motifs is 2. The summed E-state index contributed by atoms with van der Waals surface area (Å²) in [7, 11) is -3.17. The van der Waals surface area contributed by atoms with Crippen molar-refractivity contribution in [2.45, 2.75) is 22.5 Å². The van der Waals surface area contributed by atoms with Gasteiger partial charge in [0.05, 0.1) is 9.64 Å². The quantitative estimate of drug-likeness (QED) is 0.786. The predicted molar refractivity (Wildman–Crippen MR) is 77.0 cm³/mol. The molecule has 3 heteroatoms. The van der Waals surface area contributed by atoms with Crippen molar-refractivity contribution in [3.05, 3.63) is 42.5 Å². The SMILES string of the molecule is O=S(=O)(c1ccccc1)[C@]12[C@@H]3[C@H]4C[C@H]1[C@@]21[C@H]2C=C[C@@H](C2)[C@@]431. The maximum absolute atomic E-state index is 13.4. The van der Waals surface area contributed by atoms with Gasteiger partial charge in [0.1, 0.15) is 0 Å². The second-order valence-corrected chi connectivity index (χ2v) is 10.3. The van der Waals surface area contributed by atoms with Crippen molar-refractivity contribution in [2.75, 3.05) is 0 Å². The van der Waals surface area contributed by atoms with Gasteiger partial charge in [0, 0.05) is 5.41 Å². The van der Waals surface area contributed by atoms with Crippen molar-refractivity contribution in [3.63, 3.8) is 0 Å². The monoisotopic (exact) mass is 296 g/mol. The lowest BCUT2D eigenvalue weighted by Gasteiger charge is -2.43. The van der Waals surface area contributed by atoms with Crippen molar-refractivity contribution < 1.29 is 8.42 Å². The summed E-state index contributed by atoms with van der Waals surface area (Å²) in [5.74, 6) is 2.99.